The smallest absolute Gasteiger partial charge is 0.365 e. The Morgan fingerprint density at radius 3 is 1.97 bits per heavy atom. The van der Waals surface area contributed by atoms with E-state index in [-0.39, 0.29) is 0 Å². The molecular formula is C20H22NO6P2+. The first-order valence-corrected chi connectivity index (χ1v) is 12.5. The van der Waals surface area contributed by atoms with E-state index in [1.807, 2.05) is 60.7 Å². The molecule has 0 amide bonds. The summed E-state index contributed by atoms with van der Waals surface area (Å²) in [5.41, 5.74) is 3.62. The molecule has 2 unspecified atom stereocenters. The summed E-state index contributed by atoms with van der Waals surface area (Å²) in [5.74, 6) is 0. The summed E-state index contributed by atoms with van der Waals surface area (Å²) in [5, 5.41) is 7.32. The Kier molecular flexibility index (Phi) is 5.93. The van der Waals surface area contributed by atoms with Gasteiger partial charge in [-0.15, -0.1) is 0 Å². The van der Waals surface area contributed by atoms with Crippen molar-refractivity contribution in [3.8, 4) is 22.3 Å². The molecular weight excluding hydrogens is 412 g/mol. The normalized spacial score (nSPS) is 16.0. The summed E-state index contributed by atoms with van der Waals surface area (Å²) in [6, 6.07) is 21.0. The molecule has 3 rings (SSSR count). The van der Waals surface area contributed by atoms with Crippen molar-refractivity contribution in [3.05, 3.63) is 79.1 Å². The minimum atomic E-state index is -5.29. The van der Waals surface area contributed by atoms with Crippen LogP contribution in [0.5, 0.6) is 0 Å². The second-order valence-corrected chi connectivity index (χ2v) is 11.6. The van der Waals surface area contributed by atoms with Crippen LogP contribution in [-0.4, -0.2) is 31.5 Å². The van der Waals surface area contributed by atoms with Gasteiger partial charge in [-0.3, -0.25) is 9.13 Å². The minimum Gasteiger partial charge on any atom is -0.365 e. The van der Waals surface area contributed by atoms with Gasteiger partial charge in [0.25, 0.3) is 0 Å². The molecule has 0 aliphatic carbocycles. The highest BCUT2D eigenvalue weighted by Gasteiger charge is 2.60. The fourth-order valence-corrected chi connectivity index (χ4v) is 5.72. The van der Waals surface area contributed by atoms with E-state index in [9.17, 15) is 28.9 Å². The molecule has 7 nitrogen and oxygen atoms in total. The Morgan fingerprint density at radius 2 is 1.38 bits per heavy atom. The van der Waals surface area contributed by atoms with Crippen LogP contribution >= 0.6 is 15.0 Å². The van der Waals surface area contributed by atoms with E-state index in [2.05, 4.69) is 0 Å². The highest BCUT2D eigenvalue weighted by molar-refractivity contribution is 7.74. The topological polar surface area (TPSA) is 119 Å². The van der Waals surface area contributed by atoms with Crippen LogP contribution in [-0.2, 0) is 15.7 Å². The number of aromatic nitrogens is 1. The lowest BCUT2D eigenvalue weighted by Gasteiger charge is -2.27. The van der Waals surface area contributed by atoms with Gasteiger partial charge in [0.2, 0.25) is 7.37 Å². The van der Waals surface area contributed by atoms with E-state index < -0.39 is 26.6 Å². The number of aliphatic hydroxyl groups is 1. The van der Waals surface area contributed by atoms with E-state index in [1.54, 1.807) is 12.3 Å². The van der Waals surface area contributed by atoms with Crippen LogP contribution in [0.4, 0.5) is 0 Å². The summed E-state index contributed by atoms with van der Waals surface area (Å²) >= 11 is 0. The van der Waals surface area contributed by atoms with Crippen molar-refractivity contribution in [2.24, 2.45) is 0 Å². The number of hydrogen-bond donors (Lipinski definition) is 4. The molecule has 0 saturated carbocycles. The SMILES string of the molecule is CP(=O)(O)C(O)(C[n+]1cccc(-c2cccc(-c3ccccc3)c2)c1)P(=O)(O)O. The van der Waals surface area contributed by atoms with Crippen LogP contribution in [0.15, 0.2) is 79.1 Å². The van der Waals surface area contributed by atoms with E-state index in [0.717, 1.165) is 28.9 Å². The highest BCUT2D eigenvalue weighted by atomic mass is 31.2. The van der Waals surface area contributed by atoms with E-state index >= 15 is 0 Å². The quantitative estimate of drug-likeness (QED) is 0.350. The van der Waals surface area contributed by atoms with Crippen molar-refractivity contribution in [3.63, 3.8) is 0 Å². The van der Waals surface area contributed by atoms with Crippen LogP contribution in [0.25, 0.3) is 22.3 Å². The molecule has 0 saturated heterocycles. The van der Waals surface area contributed by atoms with Gasteiger partial charge in [-0.1, -0.05) is 48.5 Å². The lowest BCUT2D eigenvalue weighted by Crippen LogP contribution is -2.47. The second kappa shape index (κ2) is 7.96. The summed E-state index contributed by atoms with van der Waals surface area (Å²) in [6.45, 7) is 0.00755. The summed E-state index contributed by atoms with van der Waals surface area (Å²) in [7, 11) is -9.83. The molecule has 0 fully saturated rings. The van der Waals surface area contributed by atoms with Crippen molar-refractivity contribution in [2.45, 2.75) is 11.6 Å². The minimum absolute atomic E-state index is 0.724. The summed E-state index contributed by atoms with van der Waals surface area (Å²) in [6.07, 6.45) is 3.04. The van der Waals surface area contributed by atoms with Gasteiger partial charge < -0.3 is 19.8 Å². The van der Waals surface area contributed by atoms with Crippen LogP contribution in [0.1, 0.15) is 0 Å². The number of rotatable bonds is 6. The van der Waals surface area contributed by atoms with Gasteiger partial charge in [-0.05, 0) is 28.8 Å². The van der Waals surface area contributed by atoms with Crippen LogP contribution in [0.2, 0.25) is 0 Å². The fraction of sp³-hybridized carbons (Fsp3) is 0.150. The predicted molar refractivity (Wildman–Crippen MR) is 110 cm³/mol. The predicted octanol–water partition coefficient (Wildman–Crippen LogP) is 3.03. The number of nitrogens with zero attached hydrogens (tertiary/aromatic N) is 1. The molecule has 4 N–H and O–H groups in total. The first kappa shape index (κ1) is 21.6. The number of benzene rings is 2. The molecule has 0 bridgehead atoms. The molecule has 2 atom stereocenters. The Morgan fingerprint density at radius 1 is 0.828 bits per heavy atom. The first-order chi connectivity index (χ1) is 13.5. The monoisotopic (exact) mass is 434 g/mol. The van der Waals surface area contributed by atoms with Gasteiger partial charge in [0, 0.05) is 18.3 Å². The third-order valence-corrected chi connectivity index (χ3v) is 9.13. The molecule has 0 radical (unpaired) electrons. The van der Waals surface area contributed by atoms with Gasteiger partial charge in [0.05, 0.1) is 0 Å². The molecule has 2 aromatic carbocycles. The third-order valence-electron chi connectivity index (χ3n) is 4.69. The van der Waals surface area contributed by atoms with E-state index in [1.165, 1.54) is 10.8 Å². The summed E-state index contributed by atoms with van der Waals surface area (Å²) < 4.78 is 25.1. The van der Waals surface area contributed by atoms with Gasteiger partial charge >= 0.3 is 12.7 Å². The molecule has 1 aromatic heterocycles. The van der Waals surface area contributed by atoms with Gasteiger partial charge in [-0.25, -0.2) is 4.57 Å². The molecule has 3 aromatic rings. The zero-order valence-corrected chi connectivity index (χ0v) is 17.4. The first-order valence-electron chi connectivity index (χ1n) is 8.75. The Balaban J connectivity index is 1.99. The summed E-state index contributed by atoms with van der Waals surface area (Å²) in [4.78, 5) is 28.8. The molecule has 0 aliphatic heterocycles. The molecule has 9 heteroatoms. The van der Waals surface area contributed by atoms with Gasteiger partial charge in [0.15, 0.2) is 18.9 Å². The standard InChI is InChI=1S/C20H21NO6P2/c1-28(23,24)20(22,29(25,26)27)15-21-12-6-11-19(14-21)18-10-5-9-17(13-18)16-7-3-2-4-8-16/h2-14,22H,15H2,1H3,(H2-,23,24,25,26,27)/p+1. The van der Waals surface area contributed by atoms with Crippen molar-refractivity contribution in [1.29, 1.82) is 0 Å². The lowest BCUT2D eigenvalue weighted by molar-refractivity contribution is -0.702. The van der Waals surface area contributed by atoms with Gasteiger partial charge in [0.1, 0.15) is 0 Å². The zero-order valence-electron chi connectivity index (χ0n) is 15.7. The van der Waals surface area contributed by atoms with Crippen molar-refractivity contribution in [2.75, 3.05) is 6.66 Å². The lowest BCUT2D eigenvalue weighted by atomic mass is 10.00. The Bertz CT molecular complexity index is 1080. The molecule has 1 heterocycles. The van der Waals surface area contributed by atoms with Crippen LogP contribution in [0.3, 0.4) is 0 Å². The third kappa shape index (κ3) is 4.57. The maximum Gasteiger partial charge on any atom is 0.373 e. The number of hydrogen-bond acceptors (Lipinski definition) is 3. The maximum absolute atomic E-state index is 12.0. The van der Waals surface area contributed by atoms with Gasteiger partial charge in [-0.2, -0.15) is 0 Å². The molecule has 29 heavy (non-hydrogen) atoms. The van der Waals surface area contributed by atoms with Crippen molar-refractivity contribution < 1.29 is 33.5 Å². The maximum atomic E-state index is 12.0. The Hall–Kier alpha value is -2.11. The van der Waals surface area contributed by atoms with Crippen LogP contribution < -0.4 is 4.57 Å². The zero-order chi connectivity index (χ0) is 21.3. The molecule has 152 valence electrons. The highest BCUT2D eigenvalue weighted by Crippen LogP contribution is 2.67. The number of pyridine rings is 1. The second-order valence-electron chi connectivity index (χ2n) is 6.91. The average molecular weight is 434 g/mol. The van der Waals surface area contributed by atoms with Crippen molar-refractivity contribution in [1.82, 2.24) is 0 Å². The average Bonchev–Trinajstić information content (AvgIpc) is 2.67. The largest absolute Gasteiger partial charge is 0.373 e. The van der Waals surface area contributed by atoms with E-state index in [4.69, 9.17) is 0 Å². The van der Waals surface area contributed by atoms with E-state index in [0.29, 0.717) is 0 Å². The Labute approximate surface area is 168 Å². The van der Waals surface area contributed by atoms with Crippen molar-refractivity contribution >= 4 is 15.0 Å². The fourth-order valence-electron chi connectivity index (χ4n) is 3.01. The molecule has 0 spiro atoms. The molecule has 0 aliphatic rings. The van der Waals surface area contributed by atoms with Crippen LogP contribution in [0, 0.1) is 0 Å².